The van der Waals surface area contributed by atoms with Gasteiger partial charge >= 0.3 is 5.97 Å². The molecule has 0 spiro atoms. The number of benzene rings is 2. The van der Waals surface area contributed by atoms with E-state index in [2.05, 4.69) is 5.32 Å². The molecular formula is C24H22FNO5S. The Kier molecular flexibility index (Phi) is 5.88. The zero-order chi connectivity index (χ0) is 23.0. The Morgan fingerprint density at radius 2 is 2.00 bits per heavy atom. The van der Waals surface area contributed by atoms with Gasteiger partial charge in [-0.2, -0.15) is 0 Å². The Bertz CT molecular complexity index is 1200. The van der Waals surface area contributed by atoms with E-state index in [1.165, 1.54) is 18.2 Å². The summed E-state index contributed by atoms with van der Waals surface area (Å²) in [4.78, 5) is 25.4. The molecule has 0 saturated heterocycles. The average molecular weight is 456 g/mol. The van der Waals surface area contributed by atoms with Gasteiger partial charge in [-0.3, -0.25) is 4.79 Å². The predicted octanol–water partition coefficient (Wildman–Crippen LogP) is 5.52. The SMILES string of the molecule is COc1cc([C@@H]2CC(=O)Nc3c2sc(C(=O)O)c3-c2cccc(F)c2)ccc1OC(C)C. The number of carboxylic acids is 1. The number of hydrogen-bond acceptors (Lipinski definition) is 5. The maximum Gasteiger partial charge on any atom is 0.346 e. The van der Waals surface area contributed by atoms with Gasteiger partial charge in [0, 0.05) is 22.8 Å². The number of anilines is 1. The monoisotopic (exact) mass is 455 g/mol. The molecule has 166 valence electrons. The van der Waals surface area contributed by atoms with Crippen LogP contribution in [0.2, 0.25) is 0 Å². The van der Waals surface area contributed by atoms with Gasteiger partial charge in [-0.15, -0.1) is 11.3 Å². The van der Waals surface area contributed by atoms with Crippen LogP contribution in [0.15, 0.2) is 42.5 Å². The van der Waals surface area contributed by atoms with Crippen LogP contribution < -0.4 is 14.8 Å². The van der Waals surface area contributed by atoms with Gasteiger partial charge in [0.05, 0.1) is 18.9 Å². The van der Waals surface area contributed by atoms with Crippen molar-refractivity contribution in [3.05, 3.63) is 63.6 Å². The number of amides is 1. The molecule has 3 aromatic rings. The minimum absolute atomic E-state index is 0.0361. The van der Waals surface area contributed by atoms with E-state index in [9.17, 15) is 19.1 Å². The number of fused-ring (bicyclic) bond motifs is 1. The number of rotatable bonds is 6. The van der Waals surface area contributed by atoms with E-state index in [1.54, 1.807) is 19.2 Å². The molecule has 0 bridgehead atoms. The molecule has 6 nitrogen and oxygen atoms in total. The molecule has 2 heterocycles. The van der Waals surface area contributed by atoms with Crippen molar-refractivity contribution in [2.45, 2.75) is 32.3 Å². The van der Waals surface area contributed by atoms with Gasteiger partial charge in [0.1, 0.15) is 10.7 Å². The molecule has 1 amide bonds. The number of ether oxygens (including phenoxy) is 2. The van der Waals surface area contributed by atoms with Crippen LogP contribution in [0, 0.1) is 5.82 Å². The topological polar surface area (TPSA) is 84.9 Å². The molecule has 2 N–H and O–H groups in total. The lowest BCUT2D eigenvalue weighted by Gasteiger charge is -2.25. The predicted molar refractivity (Wildman–Crippen MR) is 121 cm³/mol. The van der Waals surface area contributed by atoms with Crippen LogP contribution in [0.5, 0.6) is 11.5 Å². The maximum atomic E-state index is 13.9. The number of thiophene rings is 1. The number of carboxylic acid groups (broad SMARTS) is 1. The minimum Gasteiger partial charge on any atom is -0.493 e. The molecule has 1 aliphatic heterocycles. The summed E-state index contributed by atoms with van der Waals surface area (Å²) in [5.74, 6) is -1.10. The molecule has 8 heteroatoms. The number of aromatic carboxylic acids is 1. The van der Waals surface area contributed by atoms with Crippen molar-refractivity contribution in [2.75, 3.05) is 12.4 Å². The van der Waals surface area contributed by atoms with E-state index in [0.29, 0.717) is 33.2 Å². The number of carbonyl (C=O) groups excluding carboxylic acids is 1. The van der Waals surface area contributed by atoms with Gasteiger partial charge in [-0.1, -0.05) is 18.2 Å². The fourth-order valence-corrected chi connectivity index (χ4v) is 5.12. The lowest BCUT2D eigenvalue weighted by Crippen LogP contribution is -2.22. The Morgan fingerprint density at radius 3 is 2.66 bits per heavy atom. The van der Waals surface area contributed by atoms with Crippen molar-refractivity contribution in [1.29, 1.82) is 0 Å². The van der Waals surface area contributed by atoms with Gasteiger partial charge < -0.3 is 19.9 Å². The smallest absolute Gasteiger partial charge is 0.346 e. The summed E-state index contributed by atoms with van der Waals surface area (Å²) in [5.41, 5.74) is 1.94. The van der Waals surface area contributed by atoms with Crippen LogP contribution in [0.25, 0.3) is 11.1 Å². The highest BCUT2D eigenvalue weighted by atomic mass is 32.1. The van der Waals surface area contributed by atoms with Gasteiger partial charge in [0.15, 0.2) is 11.5 Å². The third-order valence-corrected chi connectivity index (χ3v) is 6.46. The first-order chi connectivity index (χ1) is 15.3. The second-order valence-electron chi connectivity index (χ2n) is 7.74. The van der Waals surface area contributed by atoms with E-state index in [4.69, 9.17) is 9.47 Å². The Balaban J connectivity index is 1.87. The normalized spacial score (nSPS) is 15.3. The fraction of sp³-hybridized carbons (Fsp3) is 0.250. The van der Waals surface area contributed by atoms with Crippen LogP contribution in [0.1, 0.15) is 46.3 Å². The van der Waals surface area contributed by atoms with Gasteiger partial charge in [-0.25, -0.2) is 9.18 Å². The van der Waals surface area contributed by atoms with Crippen LogP contribution in [-0.4, -0.2) is 30.2 Å². The summed E-state index contributed by atoms with van der Waals surface area (Å²) in [6.45, 7) is 3.83. The molecule has 0 radical (unpaired) electrons. The van der Waals surface area contributed by atoms with Crippen molar-refractivity contribution in [3.8, 4) is 22.6 Å². The number of methoxy groups -OCH3 is 1. The second kappa shape index (κ2) is 8.63. The Hall–Kier alpha value is -3.39. The largest absolute Gasteiger partial charge is 0.493 e. The third-order valence-electron chi connectivity index (χ3n) is 5.17. The first kappa shape index (κ1) is 21.8. The number of nitrogens with one attached hydrogen (secondary N) is 1. The standard InChI is InChI=1S/C24H22FNO5S/c1-12(2)31-17-8-7-13(10-18(17)30-3)16-11-19(27)26-21-20(14-5-4-6-15(25)9-14)23(24(28)29)32-22(16)21/h4-10,12,16H,11H2,1-3H3,(H,26,27)(H,28,29)/t16-/m0/s1. The highest BCUT2D eigenvalue weighted by Crippen LogP contribution is 2.50. The van der Waals surface area contributed by atoms with Crippen molar-refractivity contribution >= 4 is 28.9 Å². The van der Waals surface area contributed by atoms with Crippen LogP contribution in [-0.2, 0) is 4.79 Å². The van der Waals surface area contributed by atoms with Crippen molar-refractivity contribution in [3.63, 3.8) is 0 Å². The molecule has 32 heavy (non-hydrogen) atoms. The Morgan fingerprint density at radius 1 is 1.22 bits per heavy atom. The zero-order valence-electron chi connectivity index (χ0n) is 17.8. The van der Waals surface area contributed by atoms with E-state index >= 15 is 0 Å². The van der Waals surface area contributed by atoms with E-state index < -0.39 is 11.8 Å². The highest BCUT2D eigenvalue weighted by Gasteiger charge is 2.35. The van der Waals surface area contributed by atoms with E-state index in [-0.39, 0.29) is 29.2 Å². The molecule has 0 unspecified atom stereocenters. The van der Waals surface area contributed by atoms with Gasteiger partial charge in [-0.05, 0) is 49.2 Å². The quantitative estimate of drug-likeness (QED) is 0.511. The number of halogens is 1. The first-order valence-corrected chi connectivity index (χ1v) is 10.9. The highest BCUT2D eigenvalue weighted by molar-refractivity contribution is 7.15. The van der Waals surface area contributed by atoms with Crippen LogP contribution >= 0.6 is 11.3 Å². The summed E-state index contributed by atoms with van der Waals surface area (Å²) >= 11 is 1.10. The van der Waals surface area contributed by atoms with Crippen LogP contribution in [0.3, 0.4) is 0 Å². The summed E-state index contributed by atoms with van der Waals surface area (Å²) < 4.78 is 25.2. The maximum absolute atomic E-state index is 13.9. The Labute approximate surface area is 188 Å². The second-order valence-corrected chi connectivity index (χ2v) is 8.79. The summed E-state index contributed by atoms with van der Waals surface area (Å²) in [7, 11) is 1.54. The lowest BCUT2D eigenvalue weighted by molar-refractivity contribution is -0.116. The zero-order valence-corrected chi connectivity index (χ0v) is 18.6. The molecule has 0 aliphatic carbocycles. The van der Waals surface area contributed by atoms with Gasteiger partial charge in [0.2, 0.25) is 5.91 Å². The molecule has 1 aliphatic rings. The van der Waals surface area contributed by atoms with Crippen molar-refractivity contribution in [1.82, 2.24) is 0 Å². The summed E-state index contributed by atoms with van der Waals surface area (Å²) in [6, 6.07) is 11.2. The molecule has 2 aromatic carbocycles. The molecule has 1 atom stereocenters. The first-order valence-electron chi connectivity index (χ1n) is 10.1. The van der Waals surface area contributed by atoms with Crippen molar-refractivity contribution < 1.29 is 28.6 Å². The molecule has 4 rings (SSSR count). The summed E-state index contributed by atoms with van der Waals surface area (Å²) in [6.07, 6.45) is 0.119. The summed E-state index contributed by atoms with van der Waals surface area (Å²) in [5, 5.41) is 12.7. The molecule has 0 saturated carbocycles. The molecule has 0 fully saturated rings. The van der Waals surface area contributed by atoms with Gasteiger partial charge in [0.25, 0.3) is 0 Å². The number of carbonyl (C=O) groups is 2. The lowest BCUT2D eigenvalue weighted by atomic mass is 9.88. The molecular weight excluding hydrogens is 433 g/mol. The van der Waals surface area contributed by atoms with E-state index in [1.807, 2.05) is 26.0 Å². The fourth-order valence-electron chi connectivity index (χ4n) is 3.88. The molecule has 1 aromatic heterocycles. The van der Waals surface area contributed by atoms with Crippen LogP contribution in [0.4, 0.5) is 10.1 Å². The number of hydrogen-bond donors (Lipinski definition) is 2. The third kappa shape index (κ3) is 4.05. The average Bonchev–Trinajstić information content (AvgIpc) is 3.12. The van der Waals surface area contributed by atoms with E-state index in [0.717, 1.165) is 16.9 Å². The van der Waals surface area contributed by atoms with Crippen molar-refractivity contribution in [2.24, 2.45) is 0 Å². The minimum atomic E-state index is -1.13.